The van der Waals surface area contributed by atoms with E-state index in [0.717, 1.165) is 57.0 Å². The number of nitrogens with zero attached hydrogens (tertiary/aromatic N) is 4. The van der Waals surface area contributed by atoms with E-state index >= 15 is 0 Å². The van der Waals surface area contributed by atoms with E-state index in [1.54, 1.807) is 7.11 Å². The second-order valence-corrected chi connectivity index (χ2v) is 8.37. The minimum absolute atomic E-state index is 0.287. The molecule has 1 aromatic carbocycles. The fourth-order valence-electron chi connectivity index (χ4n) is 4.98. The first-order valence-electron chi connectivity index (χ1n) is 10.3. The number of carbonyl (C=O) groups excluding carboxylic acids is 1. The van der Waals surface area contributed by atoms with E-state index in [9.17, 15) is 4.79 Å². The summed E-state index contributed by atoms with van der Waals surface area (Å²) in [5.74, 6) is 1.15. The number of carbonyl (C=O) groups is 1. The van der Waals surface area contributed by atoms with Gasteiger partial charge in [0, 0.05) is 37.9 Å². The molecule has 6 nitrogen and oxygen atoms in total. The number of ether oxygens (including phenoxy) is 1. The summed E-state index contributed by atoms with van der Waals surface area (Å²) < 4.78 is 5.22. The summed E-state index contributed by atoms with van der Waals surface area (Å²) in [5.41, 5.74) is 4.54. The molecule has 150 valence electrons. The number of hydrogen-bond acceptors (Lipinski definition) is 5. The van der Waals surface area contributed by atoms with Crippen molar-refractivity contribution in [3.63, 3.8) is 0 Å². The van der Waals surface area contributed by atoms with Crippen LogP contribution in [0.5, 0.6) is 6.01 Å². The zero-order valence-corrected chi connectivity index (χ0v) is 17.0. The number of allylic oxidation sites excluding steroid dienone is 1. The summed E-state index contributed by atoms with van der Waals surface area (Å²) in [6.45, 7) is 5.05. The van der Waals surface area contributed by atoms with Crippen molar-refractivity contribution < 1.29 is 9.53 Å². The maximum atomic E-state index is 13.4. The Hall–Kier alpha value is -2.89. The Bertz CT molecular complexity index is 1000. The molecule has 1 amide bonds. The van der Waals surface area contributed by atoms with E-state index in [-0.39, 0.29) is 5.41 Å². The molecular formula is C23H26N4O2. The quantitative estimate of drug-likeness (QED) is 0.804. The topological polar surface area (TPSA) is 58.6 Å². The summed E-state index contributed by atoms with van der Waals surface area (Å²) in [6.07, 6.45) is 5.04. The smallest absolute Gasteiger partial charge is 0.318 e. The number of anilines is 1. The monoisotopic (exact) mass is 390 g/mol. The van der Waals surface area contributed by atoms with Gasteiger partial charge in [-0.2, -0.15) is 4.98 Å². The molecule has 0 radical (unpaired) electrons. The molecule has 5 rings (SSSR count). The number of aromatic nitrogens is 2. The van der Waals surface area contributed by atoms with E-state index in [1.807, 2.05) is 13.0 Å². The third kappa shape index (κ3) is 3.07. The van der Waals surface area contributed by atoms with Gasteiger partial charge < -0.3 is 14.5 Å². The predicted molar refractivity (Wildman–Crippen MR) is 112 cm³/mol. The normalized spacial score (nSPS) is 23.1. The first kappa shape index (κ1) is 18.2. The van der Waals surface area contributed by atoms with Gasteiger partial charge in [0.05, 0.1) is 12.5 Å². The number of amides is 1. The fraction of sp³-hybridized carbons (Fsp3) is 0.435. The first-order chi connectivity index (χ1) is 14.1. The molecule has 29 heavy (non-hydrogen) atoms. The molecular weight excluding hydrogens is 364 g/mol. The van der Waals surface area contributed by atoms with E-state index in [4.69, 9.17) is 4.74 Å². The van der Waals surface area contributed by atoms with Crippen LogP contribution in [0.25, 0.3) is 5.57 Å². The third-order valence-electron chi connectivity index (χ3n) is 6.57. The zero-order valence-electron chi connectivity index (χ0n) is 17.0. The molecule has 1 unspecified atom stereocenters. The Balaban J connectivity index is 1.31. The molecule has 2 aromatic rings. The average molecular weight is 390 g/mol. The van der Waals surface area contributed by atoms with Gasteiger partial charge in [0.15, 0.2) is 0 Å². The van der Waals surface area contributed by atoms with E-state index in [1.165, 1.54) is 16.7 Å². The Labute approximate surface area is 171 Å². The van der Waals surface area contributed by atoms with Crippen LogP contribution in [0.2, 0.25) is 0 Å². The minimum Gasteiger partial charge on any atom is -0.467 e. The minimum atomic E-state index is -0.287. The van der Waals surface area contributed by atoms with Crippen LogP contribution in [0.15, 0.2) is 36.4 Å². The van der Waals surface area contributed by atoms with E-state index in [0.29, 0.717) is 11.9 Å². The second kappa shape index (κ2) is 6.87. The fourth-order valence-corrected chi connectivity index (χ4v) is 4.98. The molecule has 1 spiro atoms. The number of aryl methyl sites for hydroxylation is 1. The highest BCUT2D eigenvalue weighted by atomic mass is 16.5. The van der Waals surface area contributed by atoms with Crippen molar-refractivity contribution in [2.24, 2.45) is 5.41 Å². The lowest BCUT2D eigenvalue weighted by molar-refractivity contribution is -0.134. The van der Waals surface area contributed by atoms with Crippen molar-refractivity contribution >= 4 is 17.3 Å². The molecule has 3 heterocycles. The van der Waals surface area contributed by atoms with Gasteiger partial charge in [-0.05, 0) is 42.9 Å². The Kier molecular flexibility index (Phi) is 4.30. The predicted octanol–water partition coefficient (Wildman–Crippen LogP) is 2.86. The van der Waals surface area contributed by atoms with E-state index in [2.05, 4.69) is 50.1 Å². The van der Waals surface area contributed by atoms with Crippen LogP contribution >= 0.6 is 0 Å². The number of hydrogen-bond donors (Lipinski definition) is 0. The van der Waals surface area contributed by atoms with Gasteiger partial charge in [-0.15, -0.1) is 0 Å². The van der Waals surface area contributed by atoms with Gasteiger partial charge in [-0.1, -0.05) is 30.3 Å². The maximum Gasteiger partial charge on any atom is 0.318 e. The molecule has 0 bridgehead atoms. The molecule has 1 aromatic heterocycles. The Morgan fingerprint density at radius 1 is 1.17 bits per heavy atom. The van der Waals surface area contributed by atoms with Crippen LogP contribution in [0, 0.1) is 12.3 Å². The molecule has 2 saturated heterocycles. The average Bonchev–Trinajstić information content (AvgIpc) is 3.43. The lowest BCUT2D eigenvalue weighted by atomic mass is 9.85. The van der Waals surface area contributed by atoms with E-state index < -0.39 is 0 Å². The molecule has 0 saturated carbocycles. The Morgan fingerprint density at radius 3 is 2.86 bits per heavy atom. The highest BCUT2D eigenvalue weighted by molar-refractivity contribution is 5.88. The van der Waals surface area contributed by atoms with Gasteiger partial charge in [-0.3, -0.25) is 4.79 Å². The lowest BCUT2D eigenvalue weighted by Crippen LogP contribution is -2.37. The summed E-state index contributed by atoms with van der Waals surface area (Å²) in [6, 6.07) is 10.9. The summed E-state index contributed by atoms with van der Waals surface area (Å²) >= 11 is 0. The van der Waals surface area contributed by atoms with Crippen molar-refractivity contribution in [3.05, 3.63) is 53.2 Å². The standard InChI is InChI=1S/C23H26N4O2/c1-16-13-20(25-22(24-16)29-2)27-12-10-23(15-27)9-11-26(21(23)28)14-18-8-7-17-5-3-4-6-19(17)18/h3-6,8,13H,7,9-12,14-15H2,1-2H3. The Morgan fingerprint density at radius 2 is 2.00 bits per heavy atom. The molecule has 1 atom stereocenters. The van der Waals surface area contributed by atoms with Crippen LogP contribution in [-0.2, 0) is 11.2 Å². The number of rotatable bonds is 4. The SMILES string of the molecule is COc1nc(C)cc(N2CCC3(CCN(CC4=CCc5ccccc54)C3=O)C2)n1. The van der Waals surface area contributed by atoms with Crippen LogP contribution in [0.1, 0.15) is 29.7 Å². The summed E-state index contributed by atoms with van der Waals surface area (Å²) in [5, 5.41) is 0. The first-order valence-corrected chi connectivity index (χ1v) is 10.3. The molecule has 0 N–H and O–H groups in total. The van der Waals surface area contributed by atoms with Gasteiger partial charge >= 0.3 is 6.01 Å². The van der Waals surface area contributed by atoms with Crippen molar-refractivity contribution in [2.45, 2.75) is 26.2 Å². The number of methoxy groups -OCH3 is 1. The van der Waals surface area contributed by atoms with Crippen LogP contribution in [-0.4, -0.2) is 54.1 Å². The molecule has 2 fully saturated rings. The number of fused-ring (bicyclic) bond motifs is 1. The van der Waals surface area contributed by atoms with Gasteiger partial charge in [0.25, 0.3) is 0 Å². The highest BCUT2D eigenvalue weighted by Gasteiger charge is 2.51. The molecule has 2 aliphatic heterocycles. The zero-order chi connectivity index (χ0) is 20.0. The van der Waals surface area contributed by atoms with Crippen molar-refractivity contribution in [1.82, 2.24) is 14.9 Å². The summed E-state index contributed by atoms with van der Waals surface area (Å²) in [7, 11) is 1.58. The highest BCUT2D eigenvalue weighted by Crippen LogP contribution is 2.43. The van der Waals surface area contributed by atoms with Crippen LogP contribution in [0.3, 0.4) is 0 Å². The van der Waals surface area contributed by atoms with Crippen molar-refractivity contribution in [1.29, 1.82) is 0 Å². The summed E-state index contributed by atoms with van der Waals surface area (Å²) in [4.78, 5) is 26.5. The number of benzene rings is 1. The van der Waals surface area contributed by atoms with Crippen molar-refractivity contribution in [3.8, 4) is 6.01 Å². The van der Waals surface area contributed by atoms with Gasteiger partial charge in [-0.25, -0.2) is 4.98 Å². The van der Waals surface area contributed by atoms with Gasteiger partial charge in [0.1, 0.15) is 5.82 Å². The van der Waals surface area contributed by atoms with Gasteiger partial charge in [0.2, 0.25) is 5.91 Å². The van der Waals surface area contributed by atoms with Crippen LogP contribution < -0.4 is 9.64 Å². The lowest BCUT2D eigenvalue weighted by Gasteiger charge is -2.24. The second-order valence-electron chi connectivity index (χ2n) is 8.37. The molecule has 3 aliphatic rings. The number of likely N-dealkylation sites (tertiary alicyclic amines) is 1. The van der Waals surface area contributed by atoms with Crippen molar-refractivity contribution in [2.75, 3.05) is 38.2 Å². The largest absolute Gasteiger partial charge is 0.467 e. The van der Waals surface area contributed by atoms with Crippen LogP contribution in [0.4, 0.5) is 5.82 Å². The third-order valence-corrected chi connectivity index (χ3v) is 6.57. The molecule has 1 aliphatic carbocycles. The molecule has 6 heteroatoms. The maximum absolute atomic E-state index is 13.4.